The molecule has 1 aromatic carbocycles. The number of hydrogen-bond donors (Lipinski definition) is 2. The lowest BCUT2D eigenvalue weighted by atomic mass is 10.1. The van der Waals surface area contributed by atoms with Crippen LogP contribution in [0.5, 0.6) is 5.75 Å². The van der Waals surface area contributed by atoms with E-state index in [9.17, 15) is 4.79 Å². The first kappa shape index (κ1) is 18.2. The van der Waals surface area contributed by atoms with E-state index >= 15 is 0 Å². The second-order valence-electron chi connectivity index (χ2n) is 5.39. The van der Waals surface area contributed by atoms with Gasteiger partial charge in [0.2, 0.25) is 5.91 Å². The van der Waals surface area contributed by atoms with Crippen LogP contribution in [0.25, 0.3) is 0 Å². The average Bonchev–Trinajstić information content (AvgIpc) is 2.87. The predicted octanol–water partition coefficient (Wildman–Crippen LogP) is 4.04. The number of ether oxygens (including phenoxy) is 1. The van der Waals surface area contributed by atoms with Crippen LogP contribution in [0, 0.1) is 5.92 Å². The van der Waals surface area contributed by atoms with Gasteiger partial charge in [0.15, 0.2) is 10.3 Å². The van der Waals surface area contributed by atoms with Gasteiger partial charge in [-0.15, -0.1) is 0 Å². The molecule has 0 atom stereocenters. The Bertz CT molecular complexity index is 731. The summed E-state index contributed by atoms with van der Waals surface area (Å²) in [5, 5.41) is 8.01. The Morgan fingerprint density at radius 3 is 2.92 bits per heavy atom. The standard InChI is InChI=1S/C16H19ClN4O2S/c1-10(2)8-14(22)21-18-9-13-15(17)20-16(24-13)19-11-6-4-5-7-12(11)23-3/h4-7,9-10H,8H2,1-3H3,(H,19,20)(H,21,22)/b18-9+. The molecule has 6 nitrogen and oxygen atoms in total. The van der Waals surface area contributed by atoms with Crippen molar-refractivity contribution in [2.45, 2.75) is 20.3 Å². The predicted molar refractivity (Wildman–Crippen MR) is 98.6 cm³/mol. The zero-order valence-corrected chi connectivity index (χ0v) is 15.2. The van der Waals surface area contributed by atoms with Crippen LogP contribution in [0.4, 0.5) is 10.8 Å². The third-order valence-electron chi connectivity index (χ3n) is 2.92. The Morgan fingerprint density at radius 2 is 2.21 bits per heavy atom. The smallest absolute Gasteiger partial charge is 0.240 e. The highest BCUT2D eigenvalue weighted by Crippen LogP contribution is 2.31. The van der Waals surface area contributed by atoms with Crippen molar-refractivity contribution in [3.05, 3.63) is 34.3 Å². The summed E-state index contributed by atoms with van der Waals surface area (Å²) in [6.45, 7) is 3.94. The Morgan fingerprint density at radius 1 is 1.46 bits per heavy atom. The van der Waals surface area contributed by atoms with Crippen molar-refractivity contribution in [2.75, 3.05) is 12.4 Å². The molecule has 1 aromatic heterocycles. The number of rotatable bonds is 7. The molecule has 0 aliphatic heterocycles. The van der Waals surface area contributed by atoms with Gasteiger partial charge in [0.05, 0.1) is 23.9 Å². The number of hydrogen-bond acceptors (Lipinski definition) is 6. The van der Waals surface area contributed by atoms with Gasteiger partial charge in [0, 0.05) is 6.42 Å². The molecule has 0 aliphatic carbocycles. The molecule has 0 bridgehead atoms. The Hall–Kier alpha value is -2.12. The lowest BCUT2D eigenvalue weighted by Gasteiger charge is -2.07. The molecule has 0 fully saturated rings. The molecule has 24 heavy (non-hydrogen) atoms. The third-order valence-corrected chi connectivity index (χ3v) is 4.23. The molecular weight excluding hydrogens is 348 g/mol. The van der Waals surface area contributed by atoms with Crippen molar-refractivity contribution >= 4 is 45.9 Å². The minimum Gasteiger partial charge on any atom is -0.495 e. The van der Waals surface area contributed by atoms with E-state index in [-0.39, 0.29) is 11.8 Å². The van der Waals surface area contributed by atoms with E-state index in [2.05, 4.69) is 20.8 Å². The van der Waals surface area contributed by atoms with Crippen LogP contribution in [0.15, 0.2) is 29.4 Å². The second kappa shape index (κ2) is 8.65. The summed E-state index contributed by atoms with van der Waals surface area (Å²) < 4.78 is 5.28. The number of halogens is 1. The van der Waals surface area contributed by atoms with Gasteiger partial charge in [0.25, 0.3) is 0 Å². The van der Waals surface area contributed by atoms with Crippen molar-refractivity contribution in [1.29, 1.82) is 0 Å². The number of aromatic nitrogens is 1. The van der Waals surface area contributed by atoms with E-state index in [1.165, 1.54) is 17.6 Å². The Kier molecular flexibility index (Phi) is 6.57. The third kappa shape index (κ3) is 5.21. The number of thiazole rings is 1. The Labute approximate surface area is 149 Å². The van der Waals surface area contributed by atoms with Crippen LogP contribution >= 0.6 is 22.9 Å². The lowest BCUT2D eigenvalue weighted by molar-refractivity contribution is -0.121. The molecule has 0 spiro atoms. The van der Waals surface area contributed by atoms with Gasteiger partial charge in [-0.05, 0) is 18.1 Å². The molecule has 0 aliphatic rings. The summed E-state index contributed by atoms with van der Waals surface area (Å²) >= 11 is 7.44. The van der Waals surface area contributed by atoms with E-state index in [1.807, 2.05) is 38.1 Å². The molecule has 0 saturated carbocycles. The number of benzene rings is 1. The van der Waals surface area contributed by atoms with Crippen molar-refractivity contribution < 1.29 is 9.53 Å². The first-order chi connectivity index (χ1) is 11.5. The fourth-order valence-electron chi connectivity index (χ4n) is 1.89. The topological polar surface area (TPSA) is 75.6 Å². The molecule has 2 rings (SSSR count). The SMILES string of the molecule is COc1ccccc1Nc1nc(Cl)c(/C=N/NC(=O)CC(C)C)s1. The molecule has 0 unspecified atom stereocenters. The number of nitrogens with one attached hydrogen (secondary N) is 2. The van der Waals surface area contributed by atoms with Gasteiger partial charge in [-0.25, -0.2) is 10.4 Å². The van der Waals surface area contributed by atoms with Gasteiger partial charge in [0.1, 0.15) is 5.75 Å². The van der Waals surface area contributed by atoms with Crippen molar-refractivity contribution in [2.24, 2.45) is 11.0 Å². The number of nitrogens with zero attached hydrogens (tertiary/aromatic N) is 2. The van der Waals surface area contributed by atoms with Crippen LogP contribution in [-0.2, 0) is 4.79 Å². The zero-order valence-electron chi connectivity index (χ0n) is 13.7. The molecule has 2 N–H and O–H groups in total. The van der Waals surface area contributed by atoms with Gasteiger partial charge >= 0.3 is 0 Å². The average molecular weight is 367 g/mol. The fraction of sp³-hybridized carbons (Fsp3) is 0.312. The number of methoxy groups -OCH3 is 1. The molecule has 0 saturated heterocycles. The minimum atomic E-state index is -0.130. The highest BCUT2D eigenvalue weighted by atomic mass is 35.5. The number of para-hydroxylation sites is 2. The summed E-state index contributed by atoms with van der Waals surface area (Å²) in [7, 11) is 1.60. The summed E-state index contributed by atoms with van der Waals surface area (Å²) in [5.74, 6) is 0.859. The van der Waals surface area contributed by atoms with Crippen molar-refractivity contribution in [3.8, 4) is 5.75 Å². The van der Waals surface area contributed by atoms with Crippen LogP contribution < -0.4 is 15.5 Å². The largest absolute Gasteiger partial charge is 0.495 e. The quantitative estimate of drug-likeness (QED) is 0.572. The summed E-state index contributed by atoms with van der Waals surface area (Å²) in [6.07, 6.45) is 1.92. The number of amides is 1. The zero-order chi connectivity index (χ0) is 17.5. The highest BCUT2D eigenvalue weighted by Gasteiger charge is 2.10. The van der Waals surface area contributed by atoms with E-state index in [4.69, 9.17) is 16.3 Å². The summed E-state index contributed by atoms with van der Waals surface area (Å²) in [4.78, 5) is 16.4. The van der Waals surface area contributed by atoms with Crippen LogP contribution in [0.2, 0.25) is 5.15 Å². The molecule has 0 radical (unpaired) electrons. The van der Waals surface area contributed by atoms with Crippen LogP contribution in [0.3, 0.4) is 0 Å². The number of anilines is 2. The molecule has 128 valence electrons. The maximum absolute atomic E-state index is 11.5. The Balaban J connectivity index is 2.03. The van der Waals surface area contributed by atoms with Crippen LogP contribution in [0.1, 0.15) is 25.1 Å². The highest BCUT2D eigenvalue weighted by molar-refractivity contribution is 7.17. The van der Waals surface area contributed by atoms with Crippen molar-refractivity contribution in [1.82, 2.24) is 10.4 Å². The second-order valence-corrected chi connectivity index (χ2v) is 6.78. The molecular formula is C16H19ClN4O2S. The molecule has 2 aromatic rings. The van der Waals surface area contributed by atoms with Crippen LogP contribution in [-0.4, -0.2) is 24.2 Å². The van der Waals surface area contributed by atoms with Gasteiger partial charge in [-0.1, -0.05) is 48.9 Å². The summed E-state index contributed by atoms with van der Waals surface area (Å²) in [5.41, 5.74) is 3.27. The fourth-order valence-corrected chi connectivity index (χ4v) is 2.93. The van der Waals surface area contributed by atoms with E-state index in [0.29, 0.717) is 27.3 Å². The molecule has 1 heterocycles. The van der Waals surface area contributed by atoms with E-state index in [0.717, 1.165) is 5.69 Å². The van der Waals surface area contributed by atoms with E-state index < -0.39 is 0 Å². The monoisotopic (exact) mass is 366 g/mol. The normalized spacial score (nSPS) is 11.0. The van der Waals surface area contributed by atoms with Gasteiger partial charge in [-0.2, -0.15) is 5.10 Å². The molecule has 1 amide bonds. The summed E-state index contributed by atoms with van der Waals surface area (Å²) in [6, 6.07) is 7.52. The maximum Gasteiger partial charge on any atom is 0.240 e. The minimum absolute atomic E-state index is 0.130. The van der Waals surface area contributed by atoms with Crippen molar-refractivity contribution in [3.63, 3.8) is 0 Å². The number of carbonyl (C=O) groups is 1. The number of carbonyl (C=O) groups excluding carboxylic acids is 1. The first-order valence-electron chi connectivity index (χ1n) is 7.38. The van der Waals surface area contributed by atoms with E-state index in [1.54, 1.807) is 7.11 Å². The van der Waals surface area contributed by atoms with Gasteiger partial charge < -0.3 is 10.1 Å². The molecule has 8 heteroatoms. The maximum atomic E-state index is 11.5. The lowest BCUT2D eigenvalue weighted by Crippen LogP contribution is -2.18. The van der Waals surface area contributed by atoms with Gasteiger partial charge in [-0.3, -0.25) is 4.79 Å². The first-order valence-corrected chi connectivity index (χ1v) is 8.57. The number of hydrazone groups is 1.